The summed E-state index contributed by atoms with van der Waals surface area (Å²) in [5, 5.41) is 35.9. The Kier molecular flexibility index (Phi) is 9.18. The first-order valence-electron chi connectivity index (χ1n) is 19.0. The van der Waals surface area contributed by atoms with E-state index in [0.29, 0.717) is 22.8 Å². The fraction of sp³-hybridized carbons (Fsp3) is 0.122. The number of pyridine rings is 3. The van der Waals surface area contributed by atoms with Gasteiger partial charge in [0.05, 0.1) is 34.2 Å². The van der Waals surface area contributed by atoms with E-state index < -0.39 is 0 Å². The van der Waals surface area contributed by atoms with Crippen LogP contribution in [0.4, 0.5) is 0 Å². The predicted molar refractivity (Wildman–Crippen MR) is 241 cm³/mol. The summed E-state index contributed by atoms with van der Waals surface area (Å²) < 4.78 is 0. The normalized spacial score (nSPS) is 13.9. The minimum Gasteiger partial charge on any atom is -0.292 e. The summed E-state index contributed by atoms with van der Waals surface area (Å²) in [6.07, 6.45) is 0. The number of aromatic nitrogens is 3. The van der Waals surface area contributed by atoms with Gasteiger partial charge in [-0.1, -0.05) is 119 Å². The lowest BCUT2D eigenvalue weighted by atomic mass is 9.82. The maximum absolute atomic E-state index is 8.88. The summed E-state index contributed by atoms with van der Waals surface area (Å²) in [5.41, 5.74) is 15.0. The molecule has 3 aromatic heterocycles. The van der Waals surface area contributed by atoms with Gasteiger partial charge in [-0.25, -0.2) is 15.0 Å². The first-order chi connectivity index (χ1) is 27.9. The molecule has 2 aliphatic rings. The zero-order valence-electron chi connectivity index (χ0n) is 32.4. The van der Waals surface area contributed by atoms with Crippen LogP contribution in [0.3, 0.4) is 0 Å². The Morgan fingerprint density at radius 3 is 1.14 bits per heavy atom. The van der Waals surface area contributed by atoms with Crippen molar-refractivity contribution in [2.75, 3.05) is 0 Å². The lowest BCUT2D eigenvalue weighted by molar-refractivity contribution is 0.660. The highest BCUT2D eigenvalue weighted by atomic mass is 32.2. The third kappa shape index (κ3) is 6.40. The molecule has 282 valence electrons. The van der Waals surface area contributed by atoms with Crippen molar-refractivity contribution in [2.45, 2.75) is 38.5 Å². The number of hydrogen-bond acceptors (Lipinski definition) is 9. The van der Waals surface area contributed by atoms with E-state index in [1.807, 2.05) is 24.3 Å². The summed E-state index contributed by atoms with van der Waals surface area (Å²) in [6.45, 7) is 9.01. The van der Waals surface area contributed by atoms with E-state index in [4.69, 9.17) is 31.6 Å². The summed E-state index contributed by atoms with van der Waals surface area (Å²) in [7, 11) is 0. The highest BCUT2D eigenvalue weighted by Gasteiger charge is 2.36. The van der Waals surface area contributed by atoms with Gasteiger partial charge in [0.15, 0.2) is 0 Å². The van der Waals surface area contributed by atoms with Crippen LogP contribution in [-0.2, 0) is 10.8 Å². The van der Waals surface area contributed by atoms with Crippen LogP contribution in [0.15, 0.2) is 140 Å². The molecule has 9 heteroatoms. The van der Waals surface area contributed by atoms with Gasteiger partial charge in [-0.2, -0.15) is 0 Å². The van der Waals surface area contributed by atoms with Crippen molar-refractivity contribution in [3.05, 3.63) is 185 Å². The van der Waals surface area contributed by atoms with Crippen LogP contribution in [0.25, 0.3) is 44.8 Å². The van der Waals surface area contributed by atoms with Crippen molar-refractivity contribution in [1.29, 1.82) is 21.6 Å². The molecule has 0 radical (unpaired) electrons. The molecular formula is C49H39N7S2. The Morgan fingerprint density at radius 2 is 0.724 bits per heavy atom. The standard InChI is InChI=1S/C49H39N7S2/c1-48(2)34-14-7-5-12-30(34)32-24-22-28(26-36(32)48)38-16-9-18-40(54-38)44(50)57-46(52)42-20-11-21-43(56-42)47(53)58-45(51)41-19-10-17-39(55-41)29-23-25-33-31-13-6-8-15-35(31)49(3,4)37(33)27-29/h5-27,50-53H,1-4H3. The van der Waals surface area contributed by atoms with Crippen molar-refractivity contribution in [3.63, 3.8) is 0 Å². The predicted octanol–water partition coefficient (Wildman–Crippen LogP) is 12.0. The van der Waals surface area contributed by atoms with Gasteiger partial charge < -0.3 is 0 Å². The van der Waals surface area contributed by atoms with Crippen LogP contribution in [0, 0.1) is 21.6 Å². The van der Waals surface area contributed by atoms with Crippen molar-refractivity contribution in [1.82, 2.24) is 15.0 Å². The van der Waals surface area contributed by atoms with E-state index in [9.17, 15) is 0 Å². The van der Waals surface area contributed by atoms with Gasteiger partial charge in [0.25, 0.3) is 0 Å². The number of fused-ring (bicyclic) bond motifs is 6. The molecule has 7 nitrogen and oxygen atoms in total. The third-order valence-electron chi connectivity index (χ3n) is 11.3. The maximum Gasteiger partial charge on any atom is 0.119 e. The minimum absolute atomic E-state index is 0.0685. The molecule has 4 aromatic carbocycles. The van der Waals surface area contributed by atoms with E-state index in [0.717, 1.165) is 46.0 Å². The Bertz CT molecular complexity index is 2700. The molecule has 0 saturated carbocycles. The zero-order chi connectivity index (χ0) is 40.3. The molecule has 58 heavy (non-hydrogen) atoms. The molecular weight excluding hydrogens is 751 g/mol. The molecule has 0 unspecified atom stereocenters. The number of hydrogen-bond donors (Lipinski definition) is 4. The van der Waals surface area contributed by atoms with E-state index in [1.54, 1.807) is 30.3 Å². The van der Waals surface area contributed by atoms with E-state index >= 15 is 0 Å². The molecule has 0 amide bonds. The topological polar surface area (TPSA) is 134 Å². The van der Waals surface area contributed by atoms with Crippen LogP contribution in [0.1, 0.15) is 72.7 Å². The van der Waals surface area contributed by atoms with Gasteiger partial charge >= 0.3 is 0 Å². The SMILES string of the molecule is CC1(C)c2ccccc2-c2ccc(-c3cccc(C(=N)SC(=N)c4cccc(C(=N)SC(=N)c5cccc(-c6ccc7c(c6)C(C)(C)c6ccccc6-7)n5)n4)n3)cc21. The lowest BCUT2D eigenvalue weighted by Gasteiger charge is -2.21. The summed E-state index contributed by atoms with van der Waals surface area (Å²) in [4.78, 5) is 14.3. The lowest BCUT2D eigenvalue weighted by Crippen LogP contribution is -2.15. The zero-order valence-corrected chi connectivity index (χ0v) is 34.1. The van der Waals surface area contributed by atoms with Crippen molar-refractivity contribution < 1.29 is 0 Å². The highest BCUT2D eigenvalue weighted by molar-refractivity contribution is 8.27. The maximum atomic E-state index is 8.88. The minimum atomic E-state index is -0.134. The Labute approximate surface area is 346 Å². The van der Waals surface area contributed by atoms with E-state index in [-0.39, 0.29) is 31.0 Å². The third-order valence-corrected chi connectivity index (χ3v) is 13.0. The molecule has 0 aliphatic heterocycles. The Balaban J connectivity index is 0.874. The second kappa shape index (κ2) is 14.3. The van der Waals surface area contributed by atoms with Gasteiger partial charge in [-0.05, 0) is 117 Å². The number of nitrogens with zero attached hydrogens (tertiary/aromatic N) is 3. The van der Waals surface area contributed by atoms with Gasteiger partial charge in [0, 0.05) is 22.0 Å². The van der Waals surface area contributed by atoms with Crippen LogP contribution < -0.4 is 0 Å². The second-order valence-electron chi connectivity index (χ2n) is 15.6. The molecule has 7 aromatic rings. The van der Waals surface area contributed by atoms with E-state index in [1.165, 1.54) is 44.5 Å². The number of nitrogens with one attached hydrogen (secondary N) is 4. The molecule has 0 bridgehead atoms. The first-order valence-corrected chi connectivity index (χ1v) is 20.7. The van der Waals surface area contributed by atoms with Crippen LogP contribution >= 0.6 is 23.5 Å². The first kappa shape index (κ1) is 37.3. The monoisotopic (exact) mass is 789 g/mol. The van der Waals surface area contributed by atoms with Gasteiger partial charge in [-0.3, -0.25) is 21.6 Å². The average Bonchev–Trinajstić information content (AvgIpc) is 3.62. The summed E-state index contributed by atoms with van der Waals surface area (Å²) in [6, 6.07) is 46.5. The van der Waals surface area contributed by atoms with Crippen LogP contribution in [-0.4, -0.2) is 35.1 Å². The van der Waals surface area contributed by atoms with Crippen LogP contribution in [0.5, 0.6) is 0 Å². The Morgan fingerprint density at radius 1 is 0.379 bits per heavy atom. The molecule has 2 aliphatic carbocycles. The summed E-state index contributed by atoms with van der Waals surface area (Å²) >= 11 is 1.94. The van der Waals surface area contributed by atoms with Gasteiger partial charge in [-0.15, -0.1) is 0 Å². The molecule has 4 N–H and O–H groups in total. The fourth-order valence-corrected chi connectivity index (χ4v) is 9.55. The molecule has 0 saturated heterocycles. The largest absolute Gasteiger partial charge is 0.292 e. The second-order valence-corrected chi connectivity index (χ2v) is 17.6. The van der Waals surface area contributed by atoms with E-state index in [2.05, 4.69) is 118 Å². The fourth-order valence-electron chi connectivity index (χ4n) is 8.27. The molecule has 0 fully saturated rings. The average molecular weight is 790 g/mol. The van der Waals surface area contributed by atoms with Gasteiger partial charge in [0.1, 0.15) is 20.2 Å². The molecule has 3 heterocycles. The highest BCUT2D eigenvalue weighted by Crippen LogP contribution is 2.50. The van der Waals surface area contributed by atoms with Crippen molar-refractivity contribution >= 4 is 43.7 Å². The molecule has 0 atom stereocenters. The number of benzene rings is 4. The quantitative estimate of drug-likeness (QED) is 0.0983. The van der Waals surface area contributed by atoms with Gasteiger partial charge in [0.2, 0.25) is 0 Å². The number of thioether (sulfide) groups is 2. The molecule has 9 rings (SSSR count). The Hall–Kier alpha value is -6.29. The van der Waals surface area contributed by atoms with Crippen LogP contribution in [0.2, 0.25) is 0 Å². The summed E-state index contributed by atoms with van der Waals surface area (Å²) in [5.74, 6) is 0. The molecule has 0 spiro atoms. The number of rotatable bonds is 6. The smallest absolute Gasteiger partial charge is 0.119 e. The van der Waals surface area contributed by atoms with Crippen molar-refractivity contribution in [3.8, 4) is 44.8 Å². The van der Waals surface area contributed by atoms with Crippen molar-refractivity contribution in [2.24, 2.45) is 0 Å².